The number of aliphatic hydroxyl groups excluding tert-OH is 1. The number of aromatic nitrogens is 2. The minimum atomic E-state index is -0.836. The number of hydroxylamine groups is 1. The molecule has 0 atom stereocenters. The molecule has 1 aromatic carbocycles. The summed E-state index contributed by atoms with van der Waals surface area (Å²) in [6.07, 6.45) is 2.77. The van der Waals surface area contributed by atoms with E-state index in [1.54, 1.807) is 13.8 Å². The maximum atomic E-state index is 12.5. The average Bonchev–Trinajstić information content (AvgIpc) is 3.16. The Morgan fingerprint density at radius 3 is 2.83 bits per heavy atom. The molecule has 0 saturated heterocycles. The summed E-state index contributed by atoms with van der Waals surface area (Å²) >= 11 is 0. The topological polar surface area (TPSA) is 76.4 Å². The van der Waals surface area contributed by atoms with Crippen molar-refractivity contribution in [1.29, 1.82) is 0 Å². The molecule has 2 aromatic rings. The van der Waals surface area contributed by atoms with Crippen LogP contribution in [0.1, 0.15) is 47.6 Å². The highest BCUT2D eigenvalue weighted by molar-refractivity contribution is 5.93. The Morgan fingerprint density at radius 1 is 1.38 bits per heavy atom. The van der Waals surface area contributed by atoms with Crippen LogP contribution in [0.2, 0.25) is 0 Å². The summed E-state index contributed by atoms with van der Waals surface area (Å²) in [4.78, 5) is 17.8. The number of nitrogens with one attached hydrogen (secondary N) is 1. The van der Waals surface area contributed by atoms with Crippen molar-refractivity contribution in [2.45, 2.75) is 45.6 Å². The van der Waals surface area contributed by atoms with Crippen molar-refractivity contribution in [3.05, 3.63) is 46.8 Å². The van der Waals surface area contributed by atoms with Gasteiger partial charge in [0.25, 0.3) is 5.91 Å². The number of benzene rings is 1. The second-order valence-corrected chi connectivity index (χ2v) is 6.78. The van der Waals surface area contributed by atoms with Crippen LogP contribution in [0, 0.1) is 6.92 Å². The molecule has 6 nitrogen and oxygen atoms in total. The third kappa shape index (κ3) is 3.07. The molecule has 0 radical (unpaired) electrons. The second kappa shape index (κ2) is 6.37. The molecule has 24 heavy (non-hydrogen) atoms. The van der Waals surface area contributed by atoms with E-state index in [0.29, 0.717) is 5.69 Å². The van der Waals surface area contributed by atoms with Crippen LogP contribution in [-0.4, -0.2) is 33.0 Å². The third-order valence-electron chi connectivity index (χ3n) is 4.29. The fourth-order valence-corrected chi connectivity index (χ4v) is 2.89. The smallest absolute Gasteiger partial charge is 0.295 e. The molecule has 0 aliphatic heterocycles. The Morgan fingerprint density at radius 2 is 2.12 bits per heavy atom. The minimum absolute atomic E-state index is 0.191. The maximum absolute atomic E-state index is 12.5. The van der Waals surface area contributed by atoms with E-state index in [9.17, 15) is 9.90 Å². The number of hydrogen-bond donors (Lipinski definition) is 2. The number of hydrogen-bond acceptors (Lipinski definition) is 4. The molecule has 0 unspecified atom stereocenters. The Kier molecular flexibility index (Phi) is 4.43. The molecule has 1 heterocycles. The summed E-state index contributed by atoms with van der Waals surface area (Å²) < 4.78 is 1.88. The van der Waals surface area contributed by atoms with Crippen LogP contribution in [0.25, 0.3) is 5.69 Å². The van der Waals surface area contributed by atoms with Crippen molar-refractivity contribution >= 4 is 5.91 Å². The molecular formula is C18H23N3O3. The van der Waals surface area contributed by atoms with Gasteiger partial charge in [0.05, 0.1) is 12.3 Å². The average molecular weight is 329 g/mol. The minimum Gasteiger partial charge on any atom is -0.393 e. The first-order chi connectivity index (χ1) is 11.4. The molecule has 1 aromatic heterocycles. The predicted molar refractivity (Wildman–Crippen MR) is 90.0 cm³/mol. The van der Waals surface area contributed by atoms with Crippen molar-refractivity contribution in [2.24, 2.45) is 0 Å². The van der Waals surface area contributed by atoms with Crippen molar-refractivity contribution in [1.82, 2.24) is 15.3 Å². The molecule has 6 heteroatoms. The summed E-state index contributed by atoms with van der Waals surface area (Å²) in [7, 11) is 0. The zero-order valence-corrected chi connectivity index (χ0v) is 14.3. The van der Waals surface area contributed by atoms with Gasteiger partial charge in [0.2, 0.25) is 0 Å². The molecule has 0 fully saturated rings. The number of amides is 1. The molecule has 0 saturated carbocycles. The molecule has 128 valence electrons. The van der Waals surface area contributed by atoms with Crippen LogP contribution in [0.15, 0.2) is 24.3 Å². The summed E-state index contributed by atoms with van der Waals surface area (Å²) in [5.74, 6) is -0.373. The molecule has 0 spiro atoms. The van der Waals surface area contributed by atoms with Crippen LogP contribution in [0.5, 0.6) is 0 Å². The van der Waals surface area contributed by atoms with Crippen molar-refractivity contribution in [2.75, 3.05) is 6.61 Å². The van der Waals surface area contributed by atoms with Gasteiger partial charge in [-0.15, -0.1) is 0 Å². The van der Waals surface area contributed by atoms with Crippen LogP contribution in [-0.2, 0) is 17.7 Å². The van der Waals surface area contributed by atoms with E-state index in [4.69, 9.17) is 4.84 Å². The van der Waals surface area contributed by atoms with E-state index in [-0.39, 0.29) is 12.5 Å². The molecule has 2 N–H and O–H groups in total. The Balaban J connectivity index is 1.92. The van der Waals surface area contributed by atoms with Crippen LogP contribution in [0.3, 0.4) is 0 Å². The second-order valence-electron chi connectivity index (χ2n) is 6.78. The van der Waals surface area contributed by atoms with Crippen molar-refractivity contribution < 1.29 is 14.7 Å². The number of aliphatic hydroxyl groups is 1. The molecule has 0 bridgehead atoms. The number of rotatable bonds is 5. The number of carbonyl (C=O) groups excluding carboxylic acids is 1. The number of fused-ring (bicyclic) bond motifs is 1. The van der Waals surface area contributed by atoms with Crippen LogP contribution < -0.4 is 5.48 Å². The molecular weight excluding hydrogens is 306 g/mol. The van der Waals surface area contributed by atoms with E-state index in [1.165, 1.54) is 0 Å². The van der Waals surface area contributed by atoms with E-state index in [1.807, 2.05) is 35.9 Å². The highest BCUT2D eigenvalue weighted by Crippen LogP contribution is 2.28. The van der Waals surface area contributed by atoms with Gasteiger partial charge in [-0.1, -0.05) is 18.2 Å². The zero-order chi connectivity index (χ0) is 17.3. The van der Waals surface area contributed by atoms with Crippen molar-refractivity contribution in [3.63, 3.8) is 0 Å². The molecule has 1 amide bonds. The van der Waals surface area contributed by atoms with Gasteiger partial charge in [-0.05, 0) is 51.7 Å². The van der Waals surface area contributed by atoms with Gasteiger partial charge in [0.15, 0.2) is 5.69 Å². The van der Waals surface area contributed by atoms with Gasteiger partial charge < -0.3 is 5.11 Å². The monoisotopic (exact) mass is 329 g/mol. The Bertz CT molecular complexity index is 765. The Labute approximate surface area is 141 Å². The van der Waals surface area contributed by atoms with Crippen molar-refractivity contribution in [3.8, 4) is 5.69 Å². The normalized spacial score (nSPS) is 13.8. The van der Waals surface area contributed by atoms with Gasteiger partial charge in [0.1, 0.15) is 5.60 Å². The summed E-state index contributed by atoms with van der Waals surface area (Å²) in [6.45, 7) is 5.24. The van der Waals surface area contributed by atoms with Gasteiger partial charge in [-0.25, -0.2) is 10.2 Å². The first-order valence-electron chi connectivity index (χ1n) is 8.19. The SMILES string of the molecule is Cc1ccccc1-n1nc(C(=O)NOC(C)(C)CO)c2c1CCC2. The summed E-state index contributed by atoms with van der Waals surface area (Å²) in [5.41, 5.74) is 6.17. The number of para-hydroxylation sites is 1. The largest absolute Gasteiger partial charge is 0.393 e. The van der Waals surface area contributed by atoms with E-state index in [0.717, 1.165) is 41.8 Å². The summed E-state index contributed by atoms with van der Waals surface area (Å²) in [6, 6.07) is 8.00. The number of aryl methyl sites for hydroxylation is 1. The van der Waals surface area contributed by atoms with Gasteiger partial charge in [-0.2, -0.15) is 5.10 Å². The van der Waals surface area contributed by atoms with Gasteiger partial charge in [0, 0.05) is 11.3 Å². The fraction of sp³-hybridized carbons (Fsp3) is 0.444. The predicted octanol–water partition coefficient (Wildman–Crippen LogP) is 2.10. The van der Waals surface area contributed by atoms with E-state index < -0.39 is 5.60 Å². The molecule has 1 aliphatic carbocycles. The third-order valence-corrected chi connectivity index (χ3v) is 4.29. The molecule has 1 aliphatic rings. The van der Waals surface area contributed by atoms with Gasteiger partial charge >= 0.3 is 0 Å². The first kappa shape index (κ1) is 16.7. The van der Waals surface area contributed by atoms with Crippen LogP contribution in [0.4, 0.5) is 0 Å². The lowest BCUT2D eigenvalue weighted by Crippen LogP contribution is -2.38. The number of nitrogens with zero attached hydrogens (tertiary/aromatic N) is 2. The zero-order valence-electron chi connectivity index (χ0n) is 14.3. The van der Waals surface area contributed by atoms with Gasteiger partial charge in [-0.3, -0.25) is 9.63 Å². The fourth-order valence-electron chi connectivity index (χ4n) is 2.89. The number of carbonyl (C=O) groups is 1. The highest BCUT2D eigenvalue weighted by Gasteiger charge is 2.28. The highest BCUT2D eigenvalue weighted by atomic mass is 16.7. The lowest BCUT2D eigenvalue weighted by atomic mass is 10.1. The van der Waals surface area contributed by atoms with E-state index in [2.05, 4.69) is 10.6 Å². The maximum Gasteiger partial charge on any atom is 0.295 e. The van der Waals surface area contributed by atoms with E-state index >= 15 is 0 Å². The van der Waals surface area contributed by atoms with Crippen LogP contribution >= 0.6 is 0 Å². The molecule has 3 rings (SSSR count). The summed E-state index contributed by atoms with van der Waals surface area (Å²) in [5, 5.41) is 13.8. The Hall–Kier alpha value is -2.18. The standard InChI is InChI=1S/C18H23N3O3/c1-12-7-4-5-9-14(12)21-15-10-6-8-13(15)16(19-21)17(23)20-24-18(2,3)11-22/h4-5,7,9,22H,6,8,10-11H2,1-3H3,(H,20,23). The first-order valence-corrected chi connectivity index (χ1v) is 8.19. The lowest BCUT2D eigenvalue weighted by molar-refractivity contribution is -0.0958. The lowest BCUT2D eigenvalue weighted by Gasteiger charge is -2.21. The quantitative estimate of drug-likeness (QED) is 0.824.